The SMILES string of the molecule is COc1ccc(C(=O)c2oc3ccc(NC(=O)c4ccccn4)cc3c2C)cc1. The molecule has 144 valence electrons. The van der Waals surface area contributed by atoms with E-state index in [1.807, 2.05) is 6.92 Å². The molecule has 0 fully saturated rings. The molecule has 29 heavy (non-hydrogen) atoms. The van der Waals surface area contributed by atoms with Gasteiger partial charge in [-0.2, -0.15) is 0 Å². The molecule has 6 heteroatoms. The second kappa shape index (κ2) is 7.59. The number of aromatic nitrogens is 1. The smallest absolute Gasteiger partial charge is 0.274 e. The average Bonchev–Trinajstić information content (AvgIpc) is 3.10. The van der Waals surface area contributed by atoms with Crippen molar-refractivity contribution in [3.63, 3.8) is 0 Å². The highest BCUT2D eigenvalue weighted by Gasteiger charge is 2.20. The van der Waals surface area contributed by atoms with Gasteiger partial charge in [0.15, 0.2) is 5.76 Å². The minimum atomic E-state index is -0.305. The fraction of sp³-hybridized carbons (Fsp3) is 0.0870. The minimum absolute atomic E-state index is 0.208. The Bertz CT molecular complexity index is 1200. The van der Waals surface area contributed by atoms with Gasteiger partial charge in [-0.25, -0.2) is 0 Å². The number of aryl methyl sites for hydroxylation is 1. The van der Waals surface area contributed by atoms with Gasteiger partial charge in [-0.3, -0.25) is 14.6 Å². The number of carbonyl (C=O) groups excluding carboxylic acids is 2. The lowest BCUT2D eigenvalue weighted by molar-refractivity contribution is 0.101. The van der Waals surface area contributed by atoms with Crippen LogP contribution in [0, 0.1) is 6.92 Å². The van der Waals surface area contributed by atoms with Gasteiger partial charge in [-0.05, 0) is 61.5 Å². The molecule has 2 aromatic carbocycles. The molecule has 4 rings (SSSR count). The molecule has 6 nitrogen and oxygen atoms in total. The lowest BCUT2D eigenvalue weighted by atomic mass is 10.0. The molecule has 0 aliphatic carbocycles. The normalized spacial score (nSPS) is 10.7. The Morgan fingerprint density at radius 1 is 1.03 bits per heavy atom. The minimum Gasteiger partial charge on any atom is -0.497 e. The van der Waals surface area contributed by atoms with E-state index in [1.54, 1.807) is 74.0 Å². The van der Waals surface area contributed by atoms with Crippen LogP contribution in [0.1, 0.15) is 32.2 Å². The summed E-state index contributed by atoms with van der Waals surface area (Å²) in [6.07, 6.45) is 1.56. The van der Waals surface area contributed by atoms with E-state index in [9.17, 15) is 9.59 Å². The Morgan fingerprint density at radius 2 is 1.83 bits per heavy atom. The summed E-state index contributed by atoms with van der Waals surface area (Å²) in [6.45, 7) is 1.83. The molecule has 0 aliphatic rings. The number of ether oxygens (including phenoxy) is 1. The molecule has 2 heterocycles. The van der Waals surface area contributed by atoms with Crippen molar-refractivity contribution in [3.8, 4) is 5.75 Å². The summed E-state index contributed by atoms with van der Waals surface area (Å²) in [4.78, 5) is 29.2. The van der Waals surface area contributed by atoms with E-state index in [0.29, 0.717) is 28.3 Å². The highest BCUT2D eigenvalue weighted by atomic mass is 16.5. The largest absolute Gasteiger partial charge is 0.497 e. The summed E-state index contributed by atoms with van der Waals surface area (Å²) in [6, 6.07) is 17.3. The van der Waals surface area contributed by atoms with Crippen LogP contribution in [0.3, 0.4) is 0 Å². The first-order chi connectivity index (χ1) is 14.1. The number of anilines is 1. The Kier molecular flexibility index (Phi) is 4.83. The summed E-state index contributed by atoms with van der Waals surface area (Å²) in [7, 11) is 1.57. The molecule has 0 bridgehead atoms. The van der Waals surface area contributed by atoms with Crippen LogP contribution >= 0.6 is 0 Å². The van der Waals surface area contributed by atoms with Gasteiger partial charge in [-0.1, -0.05) is 6.07 Å². The number of benzene rings is 2. The number of carbonyl (C=O) groups is 2. The van der Waals surface area contributed by atoms with Crippen LogP contribution in [0.4, 0.5) is 5.69 Å². The molecular formula is C23H18N2O4. The Labute approximate surface area is 167 Å². The molecule has 0 saturated heterocycles. The summed E-state index contributed by atoms with van der Waals surface area (Å²) in [5.74, 6) is 0.440. The zero-order chi connectivity index (χ0) is 20.4. The van der Waals surface area contributed by atoms with Crippen LogP contribution in [-0.4, -0.2) is 23.8 Å². The number of nitrogens with zero attached hydrogens (tertiary/aromatic N) is 1. The maximum Gasteiger partial charge on any atom is 0.274 e. The summed E-state index contributed by atoms with van der Waals surface area (Å²) in [5, 5.41) is 3.58. The predicted octanol–water partition coefficient (Wildman–Crippen LogP) is 4.63. The van der Waals surface area contributed by atoms with Gasteiger partial charge in [0.1, 0.15) is 17.0 Å². The van der Waals surface area contributed by atoms with Crippen LogP contribution < -0.4 is 10.1 Å². The van der Waals surface area contributed by atoms with Crippen molar-refractivity contribution < 1.29 is 18.7 Å². The van der Waals surface area contributed by atoms with Crippen molar-refractivity contribution in [2.75, 3.05) is 12.4 Å². The standard InChI is InChI=1S/C23H18N2O4/c1-14-18-13-16(25-23(27)19-5-3-4-12-24-19)8-11-20(18)29-22(14)21(26)15-6-9-17(28-2)10-7-15/h3-13H,1-2H3,(H,25,27). The Hall–Kier alpha value is -3.93. The Balaban J connectivity index is 1.63. The average molecular weight is 386 g/mol. The molecule has 1 amide bonds. The van der Waals surface area contributed by atoms with Crippen molar-refractivity contribution in [2.24, 2.45) is 0 Å². The summed E-state index contributed by atoms with van der Waals surface area (Å²) in [5.41, 5.74) is 2.73. The van der Waals surface area contributed by atoms with Crippen molar-refractivity contribution >= 4 is 28.3 Å². The van der Waals surface area contributed by atoms with Gasteiger partial charge in [0.2, 0.25) is 5.78 Å². The first-order valence-electron chi connectivity index (χ1n) is 9.01. The molecule has 2 aromatic heterocycles. The van der Waals surface area contributed by atoms with Crippen LogP contribution in [0.5, 0.6) is 5.75 Å². The molecule has 0 atom stereocenters. The first kappa shape index (κ1) is 18.4. The maximum atomic E-state index is 12.9. The number of fused-ring (bicyclic) bond motifs is 1. The van der Waals surface area contributed by atoms with Crippen molar-refractivity contribution in [2.45, 2.75) is 6.92 Å². The van der Waals surface area contributed by atoms with Crippen molar-refractivity contribution in [1.29, 1.82) is 0 Å². The zero-order valence-corrected chi connectivity index (χ0v) is 15.9. The lowest BCUT2D eigenvalue weighted by Crippen LogP contribution is -2.13. The van der Waals surface area contributed by atoms with Gasteiger partial charge in [-0.15, -0.1) is 0 Å². The second-order valence-electron chi connectivity index (χ2n) is 6.49. The molecule has 0 spiro atoms. The number of hydrogen-bond acceptors (Lipinski definition) is 5. The van der Waals surface area contributed by atoms with Crippen molar-refractivity contribution in [3.05, 3.63) is 89.4 Å². The fourth-order valence-electron chi connectivity index (χ4n) is 3.08. The quantitative estimate of drug-likeness (QED) is 0.506. The number of rotatable bonds is 5. The molecule has 1 N–H and O–H groups in total. The fourth-order valence-corrected chi connectivity index (χ4v) is 3.08. The molecule has 0 radical (unpaired) electrons. The van der Waals surface area contributed by atoms with Crippen LogP contribution in [0.15, 0.2) is 71.3 Å². The zero-order valence-electron chi connectivity index (χ0n) is 15.9. The van der Waals surface area contributed by atoms with E-state index in [2.05, 4.69) is 10.3 Å². The number of ketones is 1. The molecular weight excluding hydrogens is 368 g/mol. The topological polar surface area (TPSA) is 81.4 Å². The van der Waals surface area contributed by atoms with E-state index in [0.717, 1.165) is 10.9 Å². The highest BCUT2D eigenvalue weighted by Crippen LogP contribution is 2.30. The summed E-state index contributed by atoms with van der Waals surface area (Å²) < 4.78 is 10.9. The van der Waals surface area contributed by atoms with Gasteiger partial charge >= 0.3 is 0 Å². The van der Waals surface area contributed by atoms with Crippen LogP contribution in [0.2, 0.25) is 0 Å². The number of furan rings is 1. The number of pyridine rings is 1. The lowest BCUT2D eigenvalue weighted by Gasteiger charge is -2.04. The monoisotopic (exact) mass is 386 g/mol. The number of amides is 1. The van der Waals surface area contributed by atoms with Gasteiger partial charge in [0.25, 0.3) is 5.91 Å². The van der Waals surface area contributed by atoms with E-state index >= 15 is 0 Å². The molecule has 0 saturated carbocycles. The predicted molar refractivity (Wildman–Crippen MR) is 110 cm³/mol. The number of hydrogen-bond donors (Lipinski definition) is 1. The highest BCUT2D eigenvalue weighted by molar-refractivity contribution is 6.11. The summed E-state index contributed by atoms with van der Waals surface area (Å²) >= 11 is 0. The Morgan fingerprint density at radius 3 is 2.52 bits per heavy atom. The third-order valence-corrected chi connectivity index (χ3v) is 4.65. The van der Waals surface area contributed by atoms with Crippen LogP contribution in [0.25, 0.3) is 11.0 Å². The second-order valence-corrected chi connectivity index (χ2v) is 6.49. The first-order valence-corrected chi connectivity index (χ1v) is 9.01. The van der Waals surface area contributed by atoms with Gasteiger partial charge in [0.05, 0.1) is 7.11 Å². The van der Waals surface area contributed by atoms with E-state index in [4.69, 9.17) is 9.15 Å². The van der Waals surface area contributed by atoms with E-state index in [-0.39, 0.29) is 17.5 Å². The van der Waals surface area contributed by atoms with E-state index in [1.165, 1.54) is 0 Å². The number of methoxy groups -OCH3 is 1. The third kappa shape index (κ3) is 3.60. The number of nitrogens with one attached hydrogen (secondary N) is 1. The van der Waals surface area contributed by atoms with E-state index < -0.39 is 0 Å². The molecule has 4 aromatic rings. The molecule has 0 unspecified atom stereocenters. The molecule has 0 aliphatic heterocycles. The maximum absolute atomic E-state index is 12.9. The van der Waals surface area contributed by atoms with Crippen molar-refractivity contribution in [1.82, 2.24) is 4.98 Å². The van der Waals surface area contributed by atoms with Gasteiger partial charge < -0.3 is 14.5 Å². The van der Waals surface area contributed by atoms with Gasteiger partial charge in [0, 0.05) is 28.4 Å². The van der Waals surface area contributed by atoms with Crippen LogP contribution in [-0.2, 0) is 0 Å². The third-order valence-electron chi connectivity index (χ3n) is 4.65.